The Bertz CT molecular complexity index is 1530. The molecular formula is C28H23FN2O5S. The minimum atomic E-state index is -0.962. The minimum Gasteiger partial charge on any atom is -0.507 e. The van der Waals surface area contributed by atoms with Crippen LogP contribution in [0.2, 0.25) is 0 Å². The summed E-state index contributed by atoms with van der Waals surface area (Å²) < 4.78 is 25.3. The van der Waals surface area contributed by atoms with Gasteiger partial charge in [-0.15, -0.1) is 0 Å². The number of carbonyl (C=O) groups excluding carboxylic acids is 2. The van der Waals surface area contributed by atoms with Crippen LogP contribution in [-0.2, 0) is 9.59 Å². The number of anilines is 1. The van der Waals surface area contributed by atoms with Gasteiger partial charge in [0.2, 0.25) is 0 Å². The number of rotatable bonds is 7. The second-order valence-electron chi connectivity index (χ2n) is 8.43. The van der Waals surface area contributed by atoms with E-state index in [-0.39, 0.29) is 16.5 Å². The van der Waals surface area contributed by atoms with E-state index in [2.05, 4.69) is 4.98 Å². The number of aliphatic hydroxyl groups excluding tert-OH is 1. The number of aliphatic hydroxyl groups is 1. The second kappa shape index (κ2) is 10.0. The molecule has 1 fully saturated rings. The zero-order valence-electron chi connectivity index (χ0n) is 20.1. The molecule has 1 aliphatic rings. The molecule has 3 aromatic carbocycles. The van der Waals surface area contributed by atoms with Gasteiger partial charge in [-0.25, -0.2) is 9.37 Å². The van der Waals surface area contributed by atoms with E-state index in [0.717, 1.165) is 17.8 Å². The summed E-state index contributed by atoms with van der Waals surface area (Å²) in [5.74, 6) is -1.30. The number of ether oxygens (including phenoxy) is 2. The molecule has 1 N–H and O–H groups in total. The molecule has 188 valence electrons. The summed E-state index contributed by atoms with van der Waals surface area (Å²) in [5.41, 5.74) is 1.34. The van der Waals surface area contributed by atoms with Gasteiger partial charge in [0.25, 0.3) is 5.78 Å². The predicted molar refractivity (Wildman–Crippen MR) is 140 cm³/mol. The summed E-state index contributed by atoms with van der Waals surface area (Å²) in [4.78, 5) is 32.5. The fraction of sp³-hybridized carbons (Fsp3) is 0.179. The van der Waals surface area contributed by atoms with Gasteiger partial charge in [-0.1, -0.05) is 42.5 Å². The number of thiazole rings is 1. The van der Waals surface area contributed by atoms with Crippen molar-refractivity contribution in [1.29, 1.82) is 0 Å². The highest BCUT2D eigenvalue weighted by Gasteiger charge is 2.48. The zero-order valence-corrected chi connectivity index (χ0v) is 20.9. The van der Waals surface area contributed by atoms with Crippen molar-refractivity contribution >= 4 is 44.1 Å². The van der Waals surface area contributed by atoms with Gasteiger partial charge in [-0.2, -0.15) is 0 Å². The molecule has 2 heterocycles. The molecule has 1 saturated heterocycles. The molecule has 0 spiro atoms. The third-order valence-corrected chi connectivity index (χ3v) is 7.02. The summed E-state index contributed by atoms with van der Waals surface area (Å²) in [7, 11) is 1.54. The predicted octanol–water partition coefficient (Wildman–Crippen LogP) is 5.86. The van der Waals surface area contributed by atoms with E-state index in [0.29, 0.717) is 39.4 Å². The van der Waals surface area contributed by atoms with Crippen molar-refractivity contribution in [3.63, 3.8) is 0 Å². The molecule has 4 aromatic rings. The maximum absolute atomic E-state index is 13.8. The monoisotopic (exact) mass is 518 g/mol. The minimum absolute atomic E-state index is 0.0757. The third kappa shape index (κ3) is 4.53. The summed E-state index contributed by atoms with van der Waals surface area (Å²) in [6, 6.07) is 16.8. The Hall–Kier alpha value is -4.24. The van der Waals surface area contributed by atoms with Gasteiger partial charge in [-0.05, 0) is 54.4 Å². The number of nitrogens with zero attached hydrogens (tertiary/aromatic N) is 2. The maximum atomic E-state index is 13.8. The van der Waals surface area contributed by atoms with Crippen molar-refractivity contribution in [2.75, 3.05) is 18.6 Å². The van der Waals surface area contributed by atoms with E-state index in [1.54, 1.807) is 48.5 Å². The van der Waals surface area contributed by atoms with Crippen LogP contribution >= 0.6 is 11.3 Å². The van der Waals surface area contributed by atoms with E-state index in [1.165, 1.54) is 30.2 Å². The van der Waals surface area contributed by atoms with Crippen LogP contribution in [0.3, 0.4) is 0 Å². The Morgan fingerprint density at radius 2 is 1.86 bits per heavy atom. The Kier molecular flexibility index (Phi) is 6.62. The number of halogens is 1. The van der Waals surface area contributed by atoms with E-state index in [4.69, 9.17) is 9.47 Å². The Morgan fingerprint density at radius 1 is 1.08 bits per heavy atom. The molecule has 37 heavy (non-hydrogen) atoms. The Labute approximate surface area is 216 Å². The van der Waals surface area contributed by atoms with Crippen molar-refractivity contribution in [3.8, 4) is 11.5 Å². The van der Waals surface area contributed by atoms with E-state index in [9.17, 15) is 19.1 Å². The van der Waals surface area contributed by atoms with Crippen molar-refractivity contribution in [1.82, 2.24) is 4.98 Å². The van der Waals surface area contributed by atoms with Crippen LogP contribution in [-0.4, -0.2) is 35.5 Å². The van der Waals surface area contributed by atoms with Gasteiger partial charge < -0.3 is 14.6 Å². The molecule has 5 rings (SSSR count). The number of fused-ring (bicyclic) bond motifs is 1. The summed E-state index contributed by atoms with van der Waals surface area (Å²) in [6.45, 7) is 2.48. The highest BCUT2D eigenvalue weighted by molar-refractivity contribution is 7.22. The first-order valence-corrected chi connectivity index (χ1v) is 12.5. The Balaban J connectivity index is 1.68. The highest BCUT2D eigenvalue weighted by atomic mass is 32.1. The first kappa shape index (κ1) is 24.5. The second-order valence-corrected chi connectivity index (χ2v) is 9.44. The van der Waals surface area contributed by atoms with Gasteiger partial charge in [0.05, 0.1) is 35.5 Å². The molecule has 1 amide bonds. The first-order chi connectivity index (χ1) is 17.9. The lowest BCUT2D eigenvalue weighted by Gasteiger charge is -2.23. The Morgan fingerprint density at radius 3 is 2.59 bits per heavy atom. The zero-order chi connectivity index (χ0) is 26.1. The standard InChI is InChI=1S/C28H23FN2O5S/c1-3-13-36-20-6-4-5-17(14-20)25(32)23-24(16-7-10-19(35-2)11-8-16)31(27(34)26(23)33)28-30-21-12-9-18(29)15-22(21)37-28/h4-12,14-15,24,32H,3,13H2,1-2H3. The van der Waals surface area contributed by atoms with Crippen molar-refractivity contribution < 1.29 is 28.6 Å². The summed E-state index contributed by atoms with van der Waals surface area (Å²) in [6.07, 6.45) is 0.810. The molecular weight excluding hydrogens is 495 g/mol. The molecule has 0 saturated carbocycles. The molecule has 0 bridgehead atoms. The fourth-order valence-corrected chi connectivity index (χ4v) is 5.25. The molecule has 1 aromatic heterocycles. The van der Waals surface area contributed by atoms with E-state index >= 15 is 0 Å². The molecule has 9 heteroatoms. The number of carbonyl (C=O) groups is 2. The molecule has 1 aliphatic heterocycles. The van der Waals surface area contributed by atoms with Crippen LogP contribution in [0, 0.1) is 5.82 Å². The number of ketones is 1. The van der Waals surface area contributed by atoms with E-state index < -0.39 is 23.5 Å². The summed E-state index contributed by atoms with van der Waals surface area (Å²) >= 11 is 1.09. The van der Waals surface area contributed by atoms with Crippen molar-refractivity contribution in [2.45, 2.75) is 19.4 Å². The van der Waals surface area contributed by atoms with Crippen molar-refractivity contribution in [3.05, 3.63) is 89.2 Å². The number of hydrogen-bond acceptors (Lipinski definition) is 7. The van der Waals surface area contributed by atoms with Crippen LogP contribution < -0.4 is 14.4 Å². The number of methoxy groups -OCH3 is 1. The van der Waals surface area contributed by atoms with Gasteiger partial charge in [0.15, 0.2) is 5.13 Å². The molecule has 0 radical (unpaired) electrons. The topological polar surface area (TPSA) is 89.0 Å². The average molecular weight is 519 g/mol. The summed E-state index contributed by atoms with van der Waals surface area (Å²) in [5, 5.41) is 11.6. The molecule has 1 unspecified atom stereocenters. The normalized spacial score (nSPS) is 16.9. The van der Waals surface area contributed by atoms with Crippen LogP contribution in [0.5, 0.6) is 11.5 Å². The number of aromatic nitrogens is 1. The largest absolute Gasteiger partial charge is 0.507 e. The SMILES string of the molecule is CCCOc1cccc(C(O)=C2C(=O)C(=O)N(c3nc4ccc(F)cc4s3)C2c2ccc(OC)cc2)c1. The van der Waals surface area contributed by atoms with Crippen LogP contribution in [0.1, 0.15) is 30.5 Å². The van der Waals surface area contributed by atoms with Gasteiger partial charge in [-0.3, -0.25) is 14.5 Å². The van der Waals surface area contributed by atoms with Gasteiger partial charge >= 0.3 is 5.91 Å². The maximum Gasteiger partial charge on any atom is 0.301 e. The fourth-order valence-electron chi connectivity index (χ4n) is 4.23. The number of benzene rings is 3. The lowest BCUT2D eigenvalue weighted by Crippen LogP contribution is -2.29. The highest BCUT2D eigenvalue weighted by Crippen LogP contribution is 2.44. The number of amides is 1. The van der Waals surface area contributed by atoms with Gasteiger partial charge in [0, 0.05) is 5.56 Å². The van der Waals surface area contributed by atoms with Crippen LogP contribution in [0.4, 0.5) is 9.52 Å². The lowest BCUT2D eigenvalue weighted by atomic mass is 9.95. The van der Waals surface area contributed by atoms with Crippen LogP contribution in [0.25, 0.3) is 16.0 Å². The van der Waals surface area contributed by atoms with E-state index in [1.807, 2.05) is 6.92 Å². The lowest BCUT2D eigenvalue weighted by molar-refractivity contribution is -0.132. The number of hydrogen-bond donors (Lipinski definition) is 1. The molecule has 7 nitrogen and oxygen atoms in total. The van der Waals surface area contributed by atoms with Gasteiger partial charge in [0.1, 0.15) is 23.1 Å². The molecule has 0 aliphatic carbocycles. The molecule has 1 atom stereocenters. The quantitative estimate of drug-likeness (QED) is 0.187. The first-order valence-electron chi connectivity index (χ1n) is 11.7. The smallest absolute Gasteiger partial charge is 0.301 e. The van der Waals surface area contributed by atoms with Crippen molar-refractivity contribution in [2.24, 2.45) is 0 Å². The third-order valence-electron chi connectivity index (χ3n) is 6.00. The number of Topliss-reactive ketones (excluding diaryl/α,β-unsaturated/α-hetero) is 1. The average Bonchev–Trinajstić information content (AvgIpc) is 3.44. The van der Waals surface area contributed by atoms with Crippen LogP contribution in [0.15, 0.2) is 72.3 Å².